The summed E-state index contributed by atoms with van der Waals surface area (Å²) in [5.41, 5.74) is 12.1. The molecule has 6 aromatic heterocycles. The predicted octanol–water partition coefficient (Wildman–Crippen LogP) is 11.4. The standard InChI is InChI=1S/2C21H26N3.C12H8N2O4.Ru/c1-13-10-18(24-23-13)19-16-11-14(20(2,3)4)12-17(21(5,6)7)15(16)8-9-22-19;1-13(2)9-15-11-17-16(18(12-15)21(4,5)6)7-8-22-20(17)19-10-14(3)23-24-19;15-7-17-9-1-3-13-11(5-9)12-6-10(18-8-16)2-4-14-12;/h8-12H,1-7H3;7-8,10-13H,9H2,1-6H3;1-8H;/q2*-1;;+2. The molecule has 12 nitrogen and oxygen atoms in total. The van der Waals surface area contributed by atoms with Crippen LogP contribution in [0.2, 0.25) is 0 Å². The number of aryl methyl sites for hydroxylation is 2. The van der Waals surface area contributed by atoms with Crippen LogP contribution in [0.3, 0.4) is 0 Å². The fourth-order valence-corrected chi connectivity index (χ4v) is 7.67. The molecule has 0 saturated heterocycles. The minimum absolute atomic E-state index is 0. The SMILES string of the molecule is Cc1cc(-c2nccc3c(C(C)(C)C)cc(C(C)(C)C)cc23)[n-]n1.Cc1cc(-c2nccc3c(C(C)(C)C)cc(CC(C)C)cc23)[n-]n1.O=COc1ccnc(-c2cc(OC=O)ccn2)c1.[Ru+2]. The van der Waals surface area contributed by atoms with Crippen molar-refractivity contribution >= 4 is 34.5 Å². The molecule has 6 heterocycles. The van der Waals surface area contributed by atoms with E-state index in [1.54, 1.807) is 24.3 Å². The largest absolute Gasteiger partial charge is 2.00 e. The maximum Gasteiger partial charge on any atom is 2.00 e. The van der Waals surface area contributed by atoms with Gasteiger partial charge in [-0.2, -0.15) is 0 Å². The molecule has 0 aliphatic carbocycles. The molecular formula is C54H60N8O4Ru. The summed E-state index contributed by atoms with van der Waals surface area (Å²) in [6, 6.07) is 23.7. The minimum Gasteiger partial charge on any atom is -0.573 e. The van der Waals surface area contributed by atoms with Crippen molar-refractivity contribution in [3.8, 4) is 45.7 Å². The van der Waals surface area contributed by atoms with Gasteiger partial charge in [-0.3, -0.25) is 29.5 Å². The van der Waals surface area contributed by atoms with Crippen LogP contribution in [0.25, 0.3) is 55.7 Å². The van der Waals surface area contributed by atoms with Crippen molar-refractivity contribution in [3.05, 3.63) is 131 Å². The number of aromatic nitrogens is 8. The Labute approximate surface area is 406 Å². The van der Waals surface area contributed by atoms with Gasteiger partial charge in [0.15, 0.2) is 0 Å². The van der Waals surface area contributed by atoms with Gasteiger partial charge < -0.3 is 29.9 Å². The van der Waals surface area contributed by atoms with E-state index in [1.165, 1.54) is 50.8 Å². The molecule has 0 bridgehead atoms. The molecule has 348 valence electrons. The second-order valence-electron chi connectivity index (χ2n) is 19.9. The van der Waals surface area contributed by atoms with Crippen molar-refractivity contribution in [1.82, 2.24) is 40.3 Å². The summed E-state index contributed by atoms with van der Waals surface area (Å²) in [4.78, 5) is 37.9. The molecule has 13 heteroatoms. The van der Waals surface area contributed by atoms with Gasteiger partial charge in [-0.1, -0.05) is 112 Å². The average Bonchev–Trinajstić information content (AvgIpc) is 3.90. The number of hydrogen-bond acceptors (Lipinski definition) is 10. The predicted molar refractivity (Wildman–Crippen MR) is 262 cm³/mol. The fraction of sp³-hybridized carbons (Fsp3) is 0.333. The van der Waals surface area contributed by atoms with E-state index in [9.17, 15) is 9.59 Å². The van der Waals surface area contributed by atoms with Crippen LogP contribution in [0.4, 0.5) is 0 Å². The van der Waals surface area contributed by atoms with Crippen molar-refractivity contribution < 1.29 is 38.5 Å². The van der Waals surface area contributed by atoms with E-state index in [1.807, 2.05) is 38.4 Å². The Morgan fingerprint density at radius 1 is 0.537 bits per heavy atom. The Hall–Kier alpha value is -6.46. The van der Waals surface area contributed by atoms with Crippen molar-refractivity contribution in [2.45, 2.75) is 113 Å². The second kappa shape index (κ2) is 21.4. The molecule has 0 aliphatic rings. The first-order valence-corrected chi connectivity index (χ1v) is 22.1. The quantitative estimate of drug-likeness (QED) is 0.0997. The van der Waals surface area contributed by atoms with E-state index < -0.39 is 0 Å². The summed E-state index contributed by atoms with van der Waals surface area (Å²) in [6.45, 7) is 29.5. The molecule has 0 unspecified atom stereocenters. The first kappa shape index (κ1) is 51.5. The van der Waals surface area contributed by atoms with Crippen molar-refractivity contribution in [2.75, 3.05) is 0 Å². The molecule has 2 aromatic carbocycles. The van der Waals surface area contributed by atoms with Crippen LogP contribution in [-0.4, -0.2) is 43.1 Å². The Morgan fingerprint density at radius 2 is 0.970 bits per heavy atom. The molecule has 0 amide bonds. The van der Waals surface area contributed by atoms with Gasteiger partial charge in [-0.05, 0) is 112 Å². The van der Waals surface area contributed by atoms with Crippen molar-refractivity contribution in [2.24, 2.45) is 5.92 Å². The summed E-state index contributed by atoms with van der Waals surface area (Å²) >= 11 is 0. The number of pyridine rings is 4. The topological polar surface area (TPSA) is 158 Å². The number of rotatable bonds is 9. The van der Waals surface area contributed by atoms with Gasteiger partial charge >= 0.3 is 19.5 Å². The van der Waals surface area contributed by atoms with E-state index in [0.29, 0.717) is 41.7 Å². The maximum atomic E-state index is 10.2. The zero-order chi connectivity index (χ0) is 48.0. The zero-order valence-electron chi connectivity index (χ0n) is 40.7. The number of fused-ring (bicyclic) bond motifs is 2. The summed E-state index contributed by atoms with van der Waals surface area (Å²) in [5.74, 6) is 1.34. The third kappa shape index (κ3) is 12.9. The average molecular weight is 986 g/mol. The molecule has 0 saturated carbocycles. The maximum absolute atomic E-state index is 10.2. The number of ether oxygens (including phenoxy) is 2. The van der Waals surface area contributed by atoms with Gasteiger partial charge in [0.25, 0.3) is 12.9 Å². The summed E-state index contributed by atoms with van der Waals surface area (Å²) in [7, 11) is 0. The van der Waals surface area contributed by atoms with Gasteiger partial charge in [0.05, 0.1) is 22.8 Å². The zero-order valence-corrected chi connectivity index (χ0v) is 42.5. The number of carbonyl (C=O) groups is 2. The molecule has 0 fully saturated rings. The van der Waals surface area contributed by atoms with E-state index in [0.717, 1.165) is 46.0 Å². The minimum atomic E-state index is 0. The second-order valence-corrected chi connectivity index (χ2v) is 19.9. The van der Waals surface area contributed by atoms with Gasteiger partial charge in [0.1, 0.15) is 11.5 Å². The van der Waals surface area contributed by atoms with Gasteiger partial charge in [-0.25, -0.2) is 0 Å². The van der Waals surface area contributed by atoms with Gasteiger partial charge in [0, 0.05) is 59.1 Å². The number of nitrogens with zero attached hydrogens (tertiary/aromatic N) is 8. The molecule has 0 aliphatic heterocycles. The molecular weight excluding hydrogens is 926 g/mol. The summed E-state index contributed by atoms with van der Waals surface area (Å²) in [5, 5.41) is 21.8. The van der Waals surface area contributed by atoms with E-state index in [2.05, 4.69) is 153 Å². The first-order valence-electron chi connectivity index (χ1n) is 22.1. The molecule has 8 aromatic rings. The van der Waals surface area contributed by atoms with Crippen LogP contribution in [0, 0.1) is 19.8 Å². The normalized spacial score (nSPS) is 11.6. The third-order valence-electron chi connectivity index (χ3n) is 10.8. The Bertz CT molecular complexity index is 2920. The molecule has 67 heavy (non-hydrogen) atoms. The van der Waals surface area contributed by atoms with Crippen LogP contribution in [0.5, 0.6) is 11.5 Å². The smallest absolute Gasteiger partial charge is 0.573 e. The summed E-state index contributed by atoms with van der Waals surface area (Å²) in [6.07, 6.45) is 7.82. The van der Waals surface area contributed by atoms with E-state index in [-0.39, 0.29) is 35.7 Å². The Morgan fingerprint density at radius 3 is 1.36 bits per heavy atom. The van der Waals surface area contributed by atoms with Crippen LogP contribution in [0.1, 0.15) is 110 Å². The van der Waals surface area contributed by atoms with Crippen LogP contribution < -0.4 is 19.7 Å². The van der Waals surface area contributed by atoms with E-state index >= 15 is 0 Å². The third-order valence-corrected chi connectivity index (χ3v) is 10.8. The van der Waals surface area contributed by atoms with Gasteiger partial charge in [0.2, 0.25) is 0 Å². The van der Waals surface area contributed by atoms with Crippen molar-refractivity contribution in [3.63, 3.8) is 0 Å². The van der Waals surface area contributed by atoms with Crippen molar-refractivity contribution in [1.29, 1.82) is 0 Å². The van der Waals surface area contributed by atoms with Crippen LogP contribution >= 0.6 is 0 Å². The molecule has 0 atom stereocenters. The Kier molecular flexibility index (Phi) is 16.5. The van der Waals surface area contributed by atoms with E-state index in [4.69, 9.17) is 9.47 Å². The Balaban J connectivity index is 0.000000189. The number of hydrogen-bond donors (Lipinski definition) is 0. The molecule has 8 rings (SSSR count). The fourth-order valence-electron chi connectivity index (χ4n) is 7.67. The monoisotopic (exact) mass is 986 g/mol. The molecule has 0 spiro atoms. The number of carbonyl (C=O) groups excluding carboxylic acids is 2. The molecule has 0 N–H and O–H groups in total. The van der Waals surface area contributed by atoms with Crippen LogP contribution in [0.15, 0.2) is 97.6 Å². The number of benzene rings is 2. The van der Waals surface area contributed by atoms with Crippen LogP contribution in [-0.2, 0) is 51.7 Å². The first-order chi connectivity index (χ1) is 31.2. The van der Waals surface area contributed by atoms with Gasteiger partial charge in [-0.15, -0.1) is 0 Å². The molecule has 0 radical (unpaired) electrons. The summed E-state index contributed by atoms with van der Waals surface area (Å²) < 4.78 is 9.42.